The number of aryl methyl sites for hydroxylation is 1. The van der Waals surface area contributed by atoms with Crippen LogP contribution in [0.2, 0.25) is 0 Å². The maximum Gasteiger partial charge on any atom is 0.150 e. The number of carbonyl (C=O) groups excluding carboxylic acids is 1. The molecule has 1 aliphatic heterocycles. The highest BCUT2D eigenvalue weighted by Gasteiger charge is 2.29. The largest absolute Gasteiger partial charge is 0.300 e. The molecule has 2 rings (SSSR count). The summed E-state index contributed by atoms with van der Waals surface area (Å²) in [5.41, 5.74) is 1.20. The van der Waals surface area contributed by atoms with Crippen LogP contribution in [0.25, 0.3) is 0 Å². The molecule has 1 aliphatic rings. The Balaban J connectivity index is 1.75. The quantitative estimate of drug-likeness (QED) is 0.824. The van der Waals surface area contributed by atoms with Gasteiger partial charge in [0.25, 0.3) is 0 Å². The van der Waals surface area contributed by atoms with E-state index in [4.69, 9.17) is 0 Å². The minimum Gasteiger partial charge on any atom is -0.300 e. The molecule has 0 aliphatic carbocycles. The Labute approximate surface area is 106 Å². The molecule has 0 amide bonds. The summed E-state index contributed by atoms with van der Waals surface area (Å²) < 4.78 is 22.5. The van der Waals surface area contributed by atoms with Gasteiger partial charge in [-0.15, -0.1) is 0 Å². The fourth-order valence-electron chi connectivity index (χ4n) is 2.18. The first-order valence-electron chi connectivity index (χ1n) is 5.78. The van der Waals surface area contributed by atoms with E-state index in [0.717, 1.165) is 6.42 Å². The highest BCUT2D eigenvalue weighted by molar-refractivity contribution is 7.91. The summed E-state index contributed by atoms with van der Waals surface area (Å²) >= 11 is 1.63. The number of ketones is 1. The van der Waals surface area contributed by atoms with E-state index in [1.165, 1.54) is 5.56 Å². The van der Waals surface area contributed by atoms with Crippen LogP contribution in [0.4, 0.5) is 0 Å². The fourth-order valence-corrected chi connectivity index (χ4v) is 4.74. The Bertz CT molecular complexity index is 474. The summed E-state index contributed by atoms with van der Waals surface area (Å²) in [6.45, 7) is 0. The molecule has 0 bridgehead atoms. The lowest BCUT2D eigenvalue weighted by Crippen LogP contribution is -2.11. The fraction of sp³-hybridized carbons (Fsp3) is 0.583. The van der Waals surface area contributed by atoms with Crippen LogP contribution >= 0.6 is 11.3 Å². The Morgan fingerprint density at radius 2 is 2.29 bits per heavy atom. The lowest BCUT2D eigenvalue weighted by molar-refractivity contribution is -0.119. The zero-order valence-corrected chi connectivity index (χ0v) is 11.2. The molecule has 1 atom stereocenters. The summed E-state index contributed by atoms with van der Waals surface area (Å²) in [6.07, 6.45) is 2.41. The summed E-state index contributed by atoms with van der Waals surface area (Å²) in [5.74, 6) is 0.723. The van der Waals surface area contributed by atoms with Crippen molar-refractivity contribution in [2.75, 3.05) is 11.5 Å². The minimum absolute atomic E-state index is 0.0648. The van der Waals surface area contributed by atoms with Crippen LogP contribution in [-0.2, 0) is 21.1 Å². The first kappa shape index (κ1) is 12.8. The van der Waals surface area contributed by atoms with Gasteiger partial charge in [-0.05, 0) is 41.1 Å². The number of Topliss-reactive ketones (excluding diaryl/α,β-unsaturated/α-hetero) is 1. The van der Waals surface area contributed by atoms with E-state index in [1.54, 1.807) is 11.3 Å². The average Bonchev–Trinajstić information content (AvgIpc) is 2.85. The van der Waals surface area contributed by atoms with Gasteiger partial charge in [0.2, 0.25) is 0 Å². The second kappa shape index (κ2) is 5.31. The van der Waals surface area contributed by atoms with Crippen LogP contribution in [0.1, 0.15) is 24.8 Å². The van der Waals surface area contributed by atoms with E-state index in [9.17, 15) is 13.2 Å². The van der Waals surface area contributed by atoms with Crippen molar-refractivity contribution in [3.05, 3.63) is 22.4 Å². The van der Waals surface area contributed by atoms with Crippen LogP contribution in [0, 0.1) is 5.92 Å². The molecular weight excluding hydrogens is 256 g/mol. The minimum atomic E-state index is -2.85. The molecule has 0 saturated carbocycles. The van der Waals surface area contributed by atoms with Gasteiger partial charge in [0, 0.05) is 12.8 Å². The number of hydrogen-bond donors (Lipinski definition) is 0. The lowest BCUT2D eigenvalue weighted by Gasteiger charge is -2.05. The maximum absolute atomic E-state index is 11.7. The van der Waals surface area contributed by atoms with E-state index < -0.39 is 9.84 Å². The SMILES string of the molecule is O=C(CCc1ccsc1)CC1CCS(=O)(=O)C1. The van der Waals surface area contributed by atoms with Gasteiger partial charge in [-0.25, -0.2) is 8.42 Å². The molecule has 0 spiro atoms. The van der Waals surface area contributed by atoms with Crippen molar-refractivity contribution < 1.29 is 13.2 Å². The van der Waals surface area contributed by atoms with Gasteiger partial charge in [-0.2, -0.15) is 11.3 Å². The van der Waals surface area contributed by atoms with Crippen LogP contribution in [0.3, 0.4) is 0 Å². The van der Waals surface area contributed by atoms with Crippen molar-refractivity contribution in [1.82, 2.24) is 0 Å². The first-order chi connectivity index (χ1) is 8.05. The monoisotopic (exact) mass is 272 g/mol. The average molecular weight is 272 g/mol. The van der Waals surface area contributed by atoms with Crippen LogP contribution in [-0.4, -0.2) is 25.7 Å². The zero-order valence-electron chi connectivity index (χ0n) is 9.59. The highest BCUT2D eigenvalue weighted by Crippen LogP contribution is 2.22. The predicted molar refractivity (Wildman–Crippen MR) is 69.0 cm³/mol. The molecule has 0 N–H and O–H groups in total. The molecule has 0 radical (unpaired) electrons. The number of hydrogen-bond acceptors (Lipinski definition) is 4. The van der Waals surface area contributed by atoms with Crippen molar-refractivity contribution in [3.63, 3.8) is 0 Å². The number of sulfone groups is 1. The standard InChI is InChI=1S/C12H16O3S2/c13-12(2-1-10-3-5-16-8-10)7-11-4-6-17(14,15)9-11/h3,5,8,11H,1-2,4,6-7,9H2. The Morgan fingerprint density at radius 1 is 1.47 bits per heavy atom. The second-order valence-corrected chi connectivity index (χ2v) is 7.65. The summed E-state index contributed by atoms with van der Waals surface area (Å²) in [5, 5.41) is 4.05. The number of rotatable bonds is 5. The molecule has 1 aromatic rings. The second-order valence-electron chi connectivity index (χ2n) is 4.64. The zero-order chi connectivity index (χ0) is 12.3. The molecule has 94 valence electrons. The van der Waals surface area contributed by atoms with E-state index >= 15 is 0 Å². The molecule has 1 aromatic heterocycles. The molecule has 3 nitrogen and oxygen atoms in total. The van der Waals surface area contributed by atoms with E-state index in [-0.39, 0.29) is 23.2 Å². The maximum atomic E-state index is 11.7. The molecule has 1 saturated heterocycles. The van der Waals surface area contributed by atoms with Gasteiger partial charge in [0.05, 0.1) is 11.5 Å². The van der Waals surface area contributed by atoms with E-state index in [0.29, 0.717) is 19.3 Å². The van der Waals surface area contributed by atoms with Crippen molar-refractivity contribution in [1.29, 1.82) is 0 Å². The Kier molecular flexibility index (Phi) is 3.99. The number of carbonyl (C=O) groups is 1. The first-order valence-corrected chi connectivity index (χ1v) is 8.55. The smallest absolute Gasteiger partial charge is 0.150 e. The molecule has 1 fully saturated rings. The summed E-state index contributed by atoms with van der Waals surface area (Å²) in [6, 6.07) is 2.03. The van der Waals surface area contributed by atoms with Gasteiger partial charge in [-0.1, -0.05) is 0 Å². The van der Waals surface area contributed by atoms with Gasteiger partial charge in [0.15, 0.2) is 9.84 Å². The summed E-state index contributed by atoms with van der Waals surface area (Å²) in [7, 11) is -2.85. The molecule has 2 heterocycles. The third-order valence-corrected chi connectivity index (χ3v) is 5.68. The third kappa shape index (κ3) is 3.92. The highest BCUT2D eigenvalue weighted by atomic mass is 32.2. The lowest BCUT2D eigenvalue weighted by atomic mass is 9.99. The van der Waals surface area contributed by atoms with Crippen molar-refractivity contribution in [2.24, 2.45) is 5.92 Å². The van der Waals surface area contributed by atoms with Crippen LogP contribution in [0.5, 0.6) is 0 Å². The molecule has 1 unspecified atom stereocenters. The summed E-state index contributed by atoms with van der Waals surface area (Å²) in [4.78, 5) is 11.7. The van der Waals surface area contributed by atoms with Crippen molar-refractivity contribution >= 4 is 27.0 Å². The molecule has 17 heavy (non-hydrogen) atoms. The van der Waals surface area contributed by atoms with Crippen LogP contribution in [0.15, 0.2) is 16.8 Å². The van der Waals surface area contributed by atoms with Crippen molar-refractivity contribution in [3.8, 4) is 0 Å². The van der Waals surface area contributed by atoms with Crippen LogP contribution < -0.4 is 0 Å². The van der Waals surface area contributed by atoms with Gasteiger partial charge in [0.1, 0.15) is 5.78 Å². The van der Waals surface area contributed by atoms with Gasteiger partial charge < -0.3 is 0 Å². The third-order valence-electron chi connectivity index (χ3n) is 3.12. The molecule has 5 heteroatoms. The number of thiophene rings is 1. The van der Waals surface area contributed by atoms with Gasteiger partial charge in [-0.3, -0.25) is 4.79 Å². The normalized spacial score (nSPS) is 22.7. The van der Waals surface area contributed by atoms with E-state index in [1.807, 2.05) is 16.8 Å². The predicted octanol–water partition coefficient (Wildman–Crippen LogP) is 2.07. The van der Waals surface area contributed by atoms with Crippen molar-refractivity contribution in [2.45, 2.75) is 25.7 Å². The Morgan fingerprint density at radius 3 is 2.88 bits per heavy atom. The van der Waals surface area contributed by atoms with E-state index in [2.05, 4.69) is 0 Å². The molecule has 0 aromatic carbocycles. The Hall–Kier alpha value is -0.680. The van der Waals surface area contributed by atoms with Gasteiger partial charge >= 0.3 is 0 Å². The topological polar surface area (TPSA) is 51.2 Å². The molecular formula is C12H16O3S2.